The third-order valence-electron chi connectivity index (χ3n) is 5.39. The molecule has 74 valence electrons. The van der Waals surface area contributed by atoms with Crippen LogP contribution in [0.5, 0.6) is 0 Å². The highest BCUT2D eigenvalue weighted by atomic mass is 16.1. The Kier molecular flexibility index (Phi) is 1.15. The summed E-state index contributed by atoms with van der Waals surface area (Å²) in [5, 5.41) is 0. The van der Waals surface area contributed by atoms with Crippen molar-refractivity contribution in [2.45, 2.75) is 25.7 Å². The fourth-order valence-corrected chi connectivity index (χ4v) is 5.00. The molecule has 0 aromatic heterocycles. The van der Waals surface area contributed by atoms with E-state index in [2.05, 4.69) is 0 Å². The Morgan fingerprint density at radius 3 is 2.64 bits per heavy atom. The number of ketones is 2. The van der Waals surface area contributed by atoms with Crippen molar-refractivity contribution in [1.82, 2.24) is 0 Å². The lowest BCUT2D eigenvalue weighted by atomic mass is 9.58. The van der Waals surface area contributed by atoms with Gasteiger partial charge < -0.3 is 0 Å². The number of rotatable bonds is 0. The highest BCUT2D eigenvalue weighted by Gasteiger charge is 2.64. The molecule has 5 aliphatic carbocycles. The number of fused-ring (bicyclic) bond motifs is 1. The molecular weight excluding hydrogens is 176 g/mol. The average molecular weight is 190 g/mol. The fraction of sp³-hybridized carbons (Fsp3) is 0.833. The molecule has 2 nitrogen and oxygen atoms in total. The highest BCUT2D eigenvalue weighted by molar-refractivity contribution is 5.93. The zero-order chi connectivity index (χ0) is 9.45. The molecule has 4 bridgehead atoms. The molecule has 5 aliphatic rings. The fourth-order valence-electron chi connectivity index (χ4n) is 5.00. The number of carbonyl (C=O) groups excluding carboxylic acids is 2. The van der Waals surface area contributed by atoms with Gasteiger partial charge in [0, 0.05) is 24.2 Å². The first-order valence-electron chi connectivity index (χ1n) is 5.84. The second-order valence-electron chi connectivity index (χ2n) is 5.61. The van der Waals surface area contributed by atoms with Gasteiger partial charge in [-0.2, -0.15) is 0 Å². The van der Waals surface area contributed by atoms with E-state index in [4.69, 9.17) is 0 Å². The molecule has 14 heavy (non-hydrogen) atoms. The van der Waals surface area contributed by atoms with Crippen molar-refractivity contribution in [2.75, 3.05) is 0 Å². The molecule has 0 aromatic rings. The van der Waals surface area contributed by atoms with Gasteiger partial charge in [0.15, 0.2) is 0 Å². The van der Waals surface area contributed by atoms with Gasteiger partial charge in [-0.1, -0.05) is 0 Å². The maximum atomic E-state index is 12.0. The Morgan fingerprint density at radius 2 is 1.79 bits per heavy atom. The molecule has 0 aliphatic heterocycles. The Labute approximate surface area is 83.1 Å². The zero-order valence-electron chi connectivity index (χ0n) is 8.11. The lowest BCUT2D eigenvalue weighted by Gasteiger charge is -2.44. The predicted molar refractivity (Wildman–Crippen MR) is 49.4 cm³/mol. The molecule has 0 unspecified atom stereocenters. The first-order valence-corrected chi connectivity index (χ1v) is 5.84. The lowest BCUT2D eigenvalue weighted by molar-refractivity contribution is -0.139. The molecule has 2 heteroatoms. The van der Waals surface area contributed by atoms with Crippen LogP contribution in [-0.4, -0.2) is 11.6 Å². The van der Waals surface area contributed by atoms with Gasteiger partial charge in [0.05, 0.1) is 0 Å². The van der Waals surface area contributed by atoms with Crippen LogP contribution >= 0.6 is 0 Å². The number of hydrogen-bond donors (Lipinski definition) is 0. The van der Waals surface area contributed by atoms with Gasteiger partial charge in [-0.3, -0.25) is 9.59 Å². The maximum Gasteiger partial charge on any atom is 0.139 e. The standard InChI is InChI=1S/C12H14O2/c13-10-4-7-6-2-1-5-8(12(6)14)3-9(10)11(5)7/h5-9,11H,1-4H2/t5-,6-,7-,8-,9-,11+/m0/s1. The van der Waals surface area contributed by atoms with Crippen molar-refractivity contribution in [3.63, 3.8) is 0 Å². The SMILES string of the molecule is O=C1[C@H]2CC[C@@H]3[C@@H]4[C@H]2CC(=O)[C@@H]4C[C@H]13. The first kappa shape index (κ1) is 7.61. The van der Waals surface area contributed by atoms with Gasteiger partial charge in [0.25, 0.3) is 0 Å². The first-order chi connectivity index (χ1) is 6.77. The molecule has 0 N–H and O–H groups in total. The summed E-state index contributed by atoms with van der Waals surface area (Å²) >= 11 is 0. The van der Waals surface area contributed by atoms with E-state index in [1.165, 1.54) is 6.42 Å². The Hall–Kier alpha value is -0.660. The van der Waals surface area contributed by atoms with E-state index in [9.17, 15) is 9.59 Å². The molecule has 0 spiro atoms. The number of hydrogen-bond acceptors (Lipinski definition) is 2. The van der Waals surface area contributed by atoms with E-state index in [1.54, 1.807) is 0 Å². The van der Waals surface area contributed by atoms with Crippen molar-refractivity contribution >= 4 is 11.6 Å². The summed E-state index contributed by atoms with van der Waals surface area (Å²) in [5.41, 5.74) is 0. The third-order valence-corrected chi connectivity index (χ3v) is 5.39. The minimum atomic E-state index is 0.284. The van der Waals surface area contributed by atoms with Crippen molar-refractivity contribution in [3.8, 4) is 0 Å². The third kappa shape index (κ3) is 0.617. The minimum Gasteiger partial charge on any atom is -0.299 e. The van der Waals surface area contributed by atoms with Gasteiger partial charge in [-0.25, -0.2) is 0 Å². The van der Waals surface area contributed by atoms with Crippen LogP contribution in [0.25, 0.3) is 0 Å². The van der Waals surface area contributed by atoms with Gasteiger partial charge in [0.1, 0.15) is 11.6 Å². The summed E-state index contributed by atoms with van der Waals surface area (Å²) in [4.78, 5) is 23.8. The van der Waals surface area contributed by atoms with Crippen LogP contribution in [0.2, 0.25) is 0 Å². The molecule has 5 fully saturated rings. The Morgan fingerprint density at radius 1 is 0.929 bits per heavy atom. The van der Waals surface area contributed by atoms with Crippen LogP contribution in [0.4, 0.5) is 0 Å². The summed E-state index contributed by atoms with van der Waals surface area (Å²) in [6.07, 6.45) is 3.96. The second kappa shape index (κ2) is 2.12. The Balaban J connectivity index is 1.89. The molecule has 0 amide bonds. The normalized spacial score (nSPS) is 58.6. The molecule has 5 saturated carbocycles. The quantitative estimate of drug-likeness (QED) is 0.579. The van der Waals surface area contributed by atoms with Gasteiger partial charge in [-0.05, 0) is 37.0 Å². The Bertz CT molecular complexity index is 346. The summed E-state index contributed by atoms with van der Waals surface area (Å²) in [6.45, 7) is 0. The van der Waals surface area contributed by atoms with E-state index in [1.807, 2.05) is 0 Å². The molecule has 0 aromatic carbocycles. The van der Waals surface area contributed by atoms with Crippen LogP contribution in [0.15, 0.2) is 0 Å². The average Bonchev–Trinajstić information content (AvgIpc) is 2.67. The van der Waals surface area contributed by atoms with E-state index in [0.717, 1.165) is 19.3 Å². The van der Waals surface area contributed by atoms with Crippen LogP contribution in [0, 0.1) is 35.5 Å². The highest BCUT2D eigenvalue weighted by Crippen LogP contribution is 2.64. The monoisotopic (exact) mass is 190 g/mol. The molecule has 0 heterocycles. The van der Waals surface area contributed by atoms with Crippen molar-refractivity contribution in [1.29, 1.82) is 0 Å². The summed E-state index contributed by atoms with van der Waals surface area (Å²) in [7, 11) is 0. The van der Waals surface area contributed by atoms with Crippen molar-refractivity contribution in [2.24, 2.45) is 35.5 Å². The summed E-state index contributed by atoms with van der Waals surface area (Å²) in [6, 6.07) is 0. The topological polar surface area (TPSA) is 34.1 Å². The largest absolute Gasteiger partial charge is 0.299 e. The summed E-state index contributed by atoms with van der Waals surface area (Å²) < 4.78 is 0. The molecule has 6 atom stereocenters. The summed E-state index contributed by atoms with van der Waals surface area (Å²) in [5.74, 6) is 3.58. The van der Waals surface area contributed by atoms with Gasteiger partial charge in [0.2, 0.25) is 0 Å². The van der Waals surface area contributed by atoms with E-state index < -0.39 is 0 Å². The molecular formula is C12H14O2. The van der Waals surface area contributed by atoms with Crippen molar-refractivity contribution in [3.05, 3.63) is 0 Å². The van der Waals surface area contributed by atoms with Crippen LogP contribution in [0.3, 0.4) is 0 Å². The van der Waals surface area contributed by atoms with Gasteiger partial charge in [-0.15, -0.1) is 0 Å². The maximum absolute atomic E-state index is 12.0. The number of Topliss-reactive ketones (excluding diaryl/α,β-unsaturated/α-hetero) is 2. The van der Waals surface area contributed by atoms with Crippen molar-refractivity contribution < 1.29 is 9.59 Å². The molecule has 0 radical (unpaired) electrons. The van der Waals surface area contributed by atoms with E-state index in [0.29, 0.717) is 41.2 Å². The smallest absolute Gasteiger partial charge is 0.139 e. The van der Waals surface area contributed by atoms with Gasteiger partial charge >= 0.3 is 0 Å². The van der Waals surface area contributed by atoms with E-state index in [-0.39, 0.29) is 5.92 Å². The van der Waals surface area contributed by atoms with Crippen LogP contribution < -0.4 is 0 Å². The van der Waals surface area contributed by atoms with Crippen LogP contribution in [-0.2, 0) is 9.59 Å². The molecule has 0 saturated heterocycles. The number of carbonyl (C=O) groups is 2. The predicted octanol–water partition coefficient (Wildman–Crippen LogP) is 1.44. The molecule has 5 rings (SSSR count). The van der Waals surface area contributed by atoms with Crippen LogP contribution in [0.1, 0.15) is 25.7 Å². The second-order valence-corrected chi connectivity index (χ2v) is 5.61. The minimum absolute atomic E-state index is 0.284. The zero-order valence-corrected chi connectivity index (χ0v) is 8.11. The lowest BCUT2D eigenvalue weighted by Crippen LogP contribution is -2.46. The van der Waals surface area contributed by atoms with E-state index >= 15 is 0 Å².